The van der Waals surface area contributed by atoms with E-state index in [0.29, 0.717) is 11.4 Å². The van der Waals surface area contributed by atoms with Crippen molar-refractivity contribution in [3.63, 3.8) is 0 Å². The monoisotopic (exact) mass is 285 g/mol. The Morgan fingerprint density at radius 1 is 1.14 bits per heavy atom. The molecule has 0 spiro atoms. The third-order valence-corrected chi connectivity index (χ3v) is 2.95. The van der Waals surface area contributed by atoms with Gasteiger partial charge in [-0.25, -0.2) is 9.82 Å². The minimum atomic E-state index is -0.323. The summed E-state index contributed by atoms with van der Waals surface area (Å²) in [6.45, 7) is 1.80. The maximum atomic E-state index is 12.8. The van der Waals surface area contributed by atoms with Gasteiger partial charge in [-0.2, -0.15) is 5.10 Å². The van der Waals surface area contributed by atoms with Gasteiger partial charge in [-0.05, 0) is 42.3 Å². The number of hydrazone groups is 1. The lowest BCUT2D eigenvalue weighted by Gasteiger charge is -2.04. The van der Waals surface area contributed by atoms with Crippen molar-refractivity contribution in [1.29, 1.82) is 0 Å². The SMILES string of the molecule is C/C(=N/NC(=O)Cc1ccc(F)cc1)c1ccc(N)cc1. The van der Waals surface area contributed by atoms with Gasteiger partial charge in [0.05, 0.1) is 12.1 Å². The highest BCUT2D eigenvalue weighted by molar-refractivity contribution is 5.99. The summed E-state index contributed by atoms with van der Waals surface area (Å²) in [6.07, 6.45) is 0.152. The van der Waals surface area contributed by atoms with E-state index in [1.54, 1.807) is 31.2 Å². The Kier molecular flexibility index (Phi) is 4.66. The van der Waals surface area contributed by atoms with Crippen LogP contribution in [0.3, 0.4) is 0 Å². The number of amides is 1. The molecule has 0 unspecified atom stereocenters. The molecule has 0 saturated heterocycles. The summed E-state index contributed by atoms with van der Waals surface area (Å²) < 4.78 is 12.8. The second kappa shape index (κ2) is 6.65. The van der Waals surface area contributed by atoms with Crippen LogP contribution in [0, 0.1) is 5.82 Å². The zero-order valence-electron chi connectivity index (χ0n) is 11.6. The van der Waals surface area contributed by atoms with Crippen LogP contribution in [0.15, 0.2) is 53.6 Å². The van der Waals surface area contributed by atoms with Crippen LogP contribution in [-0.4, -0.2) is 11.6 Å². The summed E-state index contributed by atoms with van der Waals surface area (Å²) in [4.78, 5) is 11.8. The van der Waals surface area contributed by atoms with E-state index in [4.69, 9.17) is 5.73 Å². The Morgan fingerprint density at radius 2 is 1.76 bits per heavy atom. The fraction of sp³-hybridized carbons (Fsp3) is 0.125. The van der Waals surface area contributed by atoms with Gasteiger partial charge in [-0.15, -0.1) is 0 Å². The van der Waals surface area contributed by atoms with Crippen LogP contribution in [0.5, 0.6) is 0 Å². The molecule has 0 saturated carbocycles. The first kappa shape index (κ1) is 14.7. The Balaban J connectivity index is 1.94. The van der Waals surface area contributed by atoms with Crippen LogP contribution in [0.1, 0.15) is 18.1 Å². The Bertz CT molecular complexity index is 648. The van der Waals surface area contributed by atoms with E-state index >= 15 is 0 Å². The number of carbonyl (C=O) groups is 1. The molecule has 0 atom stereocenters. The average Bonchev–Trinajstić information content (AvgIpc) is 2.48. The molecule has 108 valence electrons. The van der Waals surface area contributed by atoms with Gasteiger partial charge in [0.1, 0.15) is 5.82 Å². The van der Waals surface area contributed by atoms with Crippen molar-refractivity contribution in [2.75, 3.05) is 5.73 Å². The molecule has 0 aromatic heterocycles. The van der Waals surface area contributed by atoms with Crippen molar-refractivity contribution in [1.82, 2.24) is 5.43 Å². The molecule has 2 aromatic rings. The molecule has 0 heterocycles. The van der Waals surface area contributed by atoms with Gasteiger partial charge in [0.2, 0.25) is 5.91 Å². The smallest absolute Gasteiger partial charge is 0.244 e. The Morgan fingerprint density at radius 3 is 2.38 bits per heavy atom. The predicted molar refractivity (Wildman–Crippen MR) is 81.3 cm³/mol. The van der Waals surface area contributed by atoms with Crippen LogP contribution in [-0.2, 0) is 11.2 Å². The van der Waals surface area contributed by atoms with E-state index in [2.05, 4.69) is 10.5 Å². The largest absolute Gasteiger partial charge is 0.399 e. The highest BCUT2D eigenvalue weighted by Gasteiger charge is 2.03. The molecular weight excluding hydrogens is 269 g/mol. The van der Waals surface area contributed by atoms with E-state index in [0.717, 1.165) is 11.1 Å². The number of nitrogens with two attached hydrogens (primary N) is 1. The highest BCUT2D eigenvalue weighted by Crippen LogP contribution is 2.07. The van der Waals surface area contributed by atoms with E-state index in [9.17, 15) is 9.18 Å². The van der Waals surface area contributed by atoms with E-state index in [1.807, 2.05) is 12.1 Å². The number of anilines is 1. The summed E-state index contributed by atoms with van der Waals surface area (Å²) in [6, 6.07) is 13.0. The molecule has 0 aliphatic rings. The predicted octanol–water partition coefficient (Wildman–Crippen LogP) is 2.49. The zero-order chi connectivity index (χ0) is 15.2. The maximum Gasteiger partial charge on any atom is 0.244 e. The van der Waals surface area contributed by atoms with Crippen LogP contribution in [0.2, 0.25) is 0 Å². The fourth-order valence-corrected chi connectivity index (χ4v) is 1.76. The third-order valence-electron chi connectivity index (χ3n) is 2.95. The molecule has 0 aliphatic heterocycles. The van der Waals surface area contributed by atoms with Crippen LogP contribution in [0.4, 0.5) is 10.1 Å². The number of rotatable bonds is 4. The van der Waals surface area contributed by atoms with Gasteiger partial charge < -0.3 is 5.73 Å². The summed E-state index contributed by atoms with van der Waals surface area (Å²) in [5.74, 6) is -0.576. The minimum Gasteiger partial charge on any atom is -0.399 e. The Hall–Kier alpha value is -2.69. The number of nitrogen functional groups attached to an aromatic ring is 1. The second-order valence-corrected chi connectivity index (χ2v) is 4.66. The lowest BCUT2D eigenvalue weighted by molar-refractivity contribution is -0.120. The average molecular weight is 285 g/mol. The molecule has 0 radical (unpaired) electrons. The summed E-state index contributed by atoms with van der Waals surface area (Å²) in [7, 11) is 0. The molecule has 2 rings (SSSR count). The highest BCUT2D eigenvalue weighted by atomic mass is 19.1. The van der Waals surface area contributed by atoms with Gasteiger partial charge >= 0.3 is 0 Å². The molecule has 3 N–H and O–H groups in total. The first-order chi connectivity index (χ1) is 10.0. The molecule has 5 heteroatoms. The number of nitrogens with zero attached hydrogens (tertiary/aromatic N) is 1. The first-order valence-electron chi connectivity index (χ1n) is 6.48. The van der Waals surface area contributed by atoms with Gasteiger partial charge in [0.25, 0.3) is 0 Å². The standard InChI is InChI=1S/C16H16FN3O/c1-11(13-4-8-15(18)9-5-13)19-20-16(21)10-12-2-6-14(17)7-3-12/h2-9H,10,18H2,1H3,(H,20,21)/b19-11-. The number of benzene rings is 2. The van der Waals surface area contributed by atoms with Crippen molar-refractivity contribution in [3.8, 4) is 0 Å². The van der Waals surface area contributed by atoms with Gasteiger partial charge in [-0.1, -0.05) is 24.3 Å². The topological polar surface area (TPSA) is 67.5 Å². The van der Waals surface area contributed by atoms with Crippen molar-refractivity contribution < 1.29 is 9.18 Å². The molecule has 0 fully saturated rings. The quantitative estimate of drug-likeness (QED) is 0.515. The van der Waals surface area contributed by atoms with Crippen LogP contribution in [0.25, 0.3) is 0 Å². The summed E-state index contributed by atoms with van der Waals surface area (Å²) in [5.41, 5.74) is 11.1. The number of halogens is 1. The van der Waals surface area contributed by atoms with Crippen molar-refractivity contribution in [2.45, 2.75) is 13.3 Å². The lowest BCUT2D eigenvalue weighted by Crippen LogP contribution is -2.21. The van der Waals surface area contributed by atoms with E-state index in [-0.39, 0.29) is 18.1 Å². The van der Waals surface area contributed by atoms with E-state index in [1.165, 1.54) is 12.1 Å². The molecule has 4 nitrogen and oxygen atoms in total. The van der Waals surface area contributed by atoms with Gasteiger partial charge in [0, 0.05) is 5.69 Å². The second-order valence-electron chi connectivity index (χ2n) is 4.66. The maximum absolute atomic E-state index is 12.8. The van der Waals surface area contributed by atoms with Crippen molar-refractivity contribution in [3.05, 3.63) is 65.5 Å². The lowest BCUT2D eigenvalue weighted by atomic mass is 10.1. The van der Waals surface area contributed by atoms with Crippen LogP contribution < -0.4 is 11.2 Å². The molecule has 1 amide bonds. The van der Waals surface area contributed by atoms with Crippen molar-refractivity contribution >= 4 is 17.3 Å². The van der Waals surface area contributed by atoms with Gasteiger partial charge in [0.15, 0.2) is 0 Å². The Labute approximate surface area is 122 Å². The fourth-order valence-electron chi connectivity index (χ4n) is 1.76. The number of hydrogen-bond donors (Lipinski definition) is 2. The first-order valence-corrected chi connectivity index (χ1v) is 6.48. The number of hydrogen-bond acceptors (Lipinski definition) is 3. The molecule has 0 bridgehead atoms. The molecule has 0 aliphatic carbocycles. The number of nitrogens with one attached hydrogen (secondary N) is 1. The molecular formula is C16H16FN3O. The number of carbonyl (C=O) groups excluding carboxylic acids is 1. The summed E-state index contributed by atoms with van der Waals surface area (Å²) >= 11 is 0. The zero-order valence-corrected chi connectivity index (χ0v) is 11.6. The third kappa shape index (κ3) is 4.42. The van der Waals surface area contributed by atoms with E-state index < -0.39 is 0 Å². The minimum absolute atomic E-state index is 0.152. The van der Waals surface area contributed by atoms with Gasteiger partial charge in [-0.3, -0.25) is 4.79 Å². The molecule has 2 aromatic carbocycles. The molecule has 21 heavy (non-hydrogen) atoms. The van der Waals surface area contributed by atoms with Crippen molar-refractivity contribution in [2.24, 2.45) is 5.10 Å². The van der Waals surface area contributed by atoms with Crippen LogP contribution >= 0.6 is 0 Å². The summed E-state index contributed by atoms with van der Waals surface area (Å²) in [5, 5.41) is 4.04. The normalized spacial score (nSPS) is 11.2.